The van der Waals surface area contributed by atoms with E-state index in [0.29, 0.717) is 54.0 Å². The standard InChI is InChI=1S/C33H40O6/c1-3-21-7-4-5-10-29(36)27(9-6-8-21)30(37)15-12-22-13-16-31(38)33(39-2)32(22)28-19-23-11-14-26(35)18-24(23)17-25(28)20-34/h11,13-14,16-19,21,27,29-30,34-38H,3-5,7,9-10,12,15,20H2,1-2H3/t21-,27-,29-,30+/m0/s1. The minimum Gasteiger partial charge on any atom is -0.508 e. The monoisotopic (exact) mass is 532 g/mol. The fourth-order valence-electron chi connectivity index (χ4n) is 5.72. The highest BCUT2D eigenvalue weighted by molar-refractivity contribution is 5.92. The molecule has 0 saturated heterocycles. The van der Waals surface area contributed by atoms with E-state index in [4.69, 9.17) is 4.74 Å². The number of aliphatic hydroxyl groups excluding tert-OH is 3. The minimum absolute atomic E-state index is 0.0185. The van der Waals surface area contributed by atoms with Gasteiger partial charge in [0.2, 0.25) is 0 Å². The van der Waals surface area contributed by atoms with Crippen LogP contribution in [0.15, 0.2) is 42.5 Å². The van der Waals surface area contributed by atoms with Crippen LogP contribution in [0.3, 0.4) is 0 Å². The maximum atomic E-state index is 11.2. The predicted molar refractivity (Wildman–Crippen MR) is 154 cm³/mol. The number of hydrogen-bond acceptors (Lipinski definition) is 6. The van der Waals surface area contributed by atoms with Crippen molar-refractivity contribution in [3.63, 3.8) is 0 Å². The topological polar surface area (TPSA) is 110 Å². The summed E-state index contributed by atoms with van der Waals surface area (Å²) in [5.41, 5.74) is 2.84. The number of aromatic hydroxyl groups is 2. The van der Waals surface area contributed by atoms with Gasteiger partial charge in [-0.1, -0.05) is 37.8 Å². The number of fused-ring (bicyclic) bond motifs is 1. The Kier molecular flexibility index (Phi) is 9.74. The first-order valence-corrected chi connectivity index (χ1v) is 14.0. The van der Waals surface area contributed by atoms with Crippen LogP contribution in [0, 0.1) is 23.7 Å². The number of ether oxygens (including phenoxy) is 1. The summed E-state index contributed by atoms with van der Waals surface area (Å²) in [6.07, 6.45) is 4.64. The molecule has 0 saturated carbocycles. The minimum atomic E-state index is -0.752. The summed E-state index contributed by atoms with van der Waals surface area (Å²) in [5.74, 6) is 7.04. The van der Waals surface area contributed by atoms with E-state index < -0.39 is 12.2 Å². The third-order valence-electron chi connectivity index (χ3n) is 8.05. The third-order valence-corrected chi connectivity index (χ3v) is 8.05. The predicted octanol–water partition coefficient (Wildman–Crippen LogP) is 5.68. The Labute approximate surface area is 230 Å². The Bertz CT molecular complexity index is 1340. The first-order valence-electron chi connectivity index (χ1n) is 14.0. The molecule has 6 nitrogen and oxygen atoms in total. The fourth-order valence-corrected chi connectivity index (χ4v) is 5.72. The molecule has 0 amide bonds. The van der Waals surface area contributed by atoms with E-state index in [2.05, 4.69) is 18.8 Å². The van der Waals surface area contributed by atoms with Crippen molar-refractivity contribution < 1.29 is 30.3 Å². The molecule has 0 aromatic heterocycles. The van der Waals surface area contributed by atoms with Crippen LogP contribution < -0.4 is 4.74 Å². The van der Waals surface area contributed by atoms with Crippen molar-refractivity contribution in [2.24, 2.45) is 11.8 Å². The summed E-state index contributed by atoms with van der Waals surface area (Å²) in [6.45, 7) is 1.91. The zero-order chi connectivity index (χ0) is 27.9. The van der Waals surface area contributed by atoms with E-state index >= 15 is 0 Å². The summed E-state index contributed by atoms with van der Waals surface area (Å²) < 4.78 is 5.63. The van der Waals surface area contributed by atoms with Gasteiger partial charge in [0.1, 0.15) is 5.75 Å². The molecule has 0 bridgehead atoms. The molecular formula is C33H40O6. The number of aryl methyl sites for hydroxylation is 1. The summed E-state index contributed by atoms with van der Waals surface area (Å²) in [4.78, 5) is 0. The molecule has 3 aromatic rings. The third kappa shape index (κ3) is 6.67. The number of phenolic OH excluding ortho intramolecular Hbond substituents is 2. The van der Waals surface area contributed by atoms with Crippen LogP contribution in [0.5, 0.6) is 17.2 Å². The summed E-state index contributed by atoms with van der Waals surface area (Å²) in [7, 11) is 1.49. The van der Waals surface area contributed by atoms with E-state index in [1.54, 1.807) is 24.3 Å². The van der Waals surface area contributed by atoms with E-state index in [-0.39, 0.29) is 24.0 Å². The number of rotatable bonds is 8. The van der Waals surface area contributed by atoms with Gasteiger partial charge in [-0.15, -0.1) is 5.92 Å². The van der Waals surface area contributed by atoms with E-state index in [1.165, 1.54) is 7.11 Å². The Morgan fingerprint density at radius 3 is 2.54 bits per heavy atom. The molecule has 1 aliphatic carbocycles. The Hall–Kier alpha value is -3.24. The highest BCUT2D eigenvalue weighted by Crippen LogP contribution is 2.43. The van der Waals surface area contributed by atoms with Gasteiger partial charge in [-0.2, -0.15) is 0 Å². The average Bonchev–Trinajstić information content (AvgIpc) is 2.94. The molecule has 6 heteroatoms. The SMILES string of the molecule is CC[C@@H]1C#CC[C@H]([C@H](O)CCc2ccc(O)c(OC)c2-c2cc3ccc(O)cc3cc2CO)[C@@H](O)CCCC1. The van der Waals surface area contributed by atoms with Gasteiger partial charge >= 0.3 is 0 Å². The molecule has 0 aliphatic heterocycles. The van der Waals surface area contributed by atoms with Crippen molar-refractivity contribution in [3.05, 3.63) is 53.6 Å². The lowest BCUT2D eigenvalue weighted by atomic mass is 9.84. The number of phenols is 2. The molecule has 39 heavy (non-hydrogen) atoms. The maximum Gasteiger partial charge on any atom is 0.168 e. The molecule has 4 rings (SSSR count). The van der Waals surface area contributed by atoms with Crippen LogP contribution >= 0.6 is 0 Å². The molecule has 5 N–H and O–H groups in total. The molecule has 1 aliphatic rings. The molecule has 3 aromatic carbocycles. The lowest BCUT2D eigenvalue weighted by molar-refractivity contribution is 0.00561. The summed E-state index contributed by atoms with van der Waals surface area (Å²) in [5, 5.41) is 54.6. The smallest absolute Gasteiger partial charge is 0.168 e. The van der Waals surface area contributed by atoms with E-state index in [0.717, 1.165) is 42.0 Å². The van der Waals surface area contributed by atoms with Gasteiger partial charge in [0.15, 0.2) is 11.5 Å². The number of hydrogen-bond donors (Lipinski definition) is 5. The lowest BCUT2D eigenvalue weighted by Crippen LogP contribution is -2.32. The molecule has 0 unspecified atom stereocenters. The maximum absolute atomic E-state index is 11.2. The molecule has 0 heterocycles. The lowest BCUT2D eigenvalue weighted by Gasteiger charge is -2.27. The van der Waals surface area contributed by atoms with Crippen molar-refractivity contribution in [2.45, 2.75) is 77.1 Å². The molecule has 0 fully saturated rings. The molecule has 0 radical (unpaired) electrons. The fraction of sp³-hybridized carbons (Fsp3) is 0.455. The van der Waals surface area contributed by atoms with Gasteiger partial charge in [-0.05, 0) is 89.9 Å². The second-order valence-corrected chi connectivity index (χ2v) is 10.6. The second kappa shape index (κ2) is 13.2. The Morgan fingerprint density at radius 1 is 1.00 bits per heavy atom. The first-order chi connectivity index (χ1) is 18.9. The Morgan fingerprint density at radius 2 is 1.79 bits per heavy atom. The highest BCUT2D eigenvalue weighted by Gasteiger charge is 2.27. The normalized spacial score (nSPS) is 20.7. The Balaban J connectivity index is 1.67. The van der Waals surface area contributed by atoms with Crippen LogP contribution in [-0.2, 0) is 13.0 Å². The molecule has 208 valence electrons. The van der Waals surface area contributed by atoms with Gasteiger partial charge in [0.05, 0.1) is 25.9 Å². The largest absolute Gasteiger partial charge is 0.508 e. The van der Waals surface area contributed by atoms with E-state index in [1.807, 2.05) is 18.2 Å². The average molecular weight is 533 g/mol. The van der Waals surface area contributed by atoms with Gasteiger partial charge in [0, 0.05) is 23.8 Å². The van der Waals surface area contributed by atoms with Crippen LogP contribution in [0.1, 0.15) is 63.0 Å². The van der Waals surface area contributed by atoms with Crippen LogP contribution in [-0.4, -0.2) is 44.9 Å². The van der Waals surface area contributed by atoms with Crippen LogP contribution in [0.2, 0.25) is 0 Å². The summed E-state index contributed by atoms with van der Waals surface area (Å²) >= 11 is 0. The quantitative estimate of drug-likeness (QED) is 0.239. The van der Waals surface area contributed by atoms with Crippen molar-refractivity contribution in [1.82, 2.24) is 0 Å². The second-order valence-electron chi connectivity index (χ2n) is 10.6. The summed E-state index contributed by atoms with van der Waals surface area (Å²) in [6, 6.07) is 12.2. The number of aliphatic hydroxyl groups is 3. The van der Waals surface area contributed by atoms with E-state index in [9.17, 15) is 25.5 Å². The van der Waals surface area contributed by atoms with Gasteiger partial charge in [0.25, 0.3) is 0 Å². The first kappa shape index (κ1) is 28.8. The van der Waals surface area contributed by atoms with Crippen LogP contribution in [0.25, 0.3) is 21.9 Å². The number of benzene rings is 3. The van der Waals surface area contributed by atoms with Gasteiger partial charge < -0.3 is 30.3 Å². The number of methoxy groups -OCH3 is 1. The zero-order valence-corrected chi connectivity index (χ0v) is 22.9. The molecular weight excluding hydrogens is 492 g/mol. The van der Waals surface area contributed by atoms with Crippen molar-refractivity contribution >= 4 is 10.8 Å². The molecule has 0 spiro atoms. The van der Waals surface area contributed by atoms with Crippen LogP contribution in [0.4, 0.5) is 0 Å². The molecule has 4 atom stereocenters. The van der Waals surface area contributed by atoms with Gasteiger partial charge in [-0.25, -0.2) is 0 Å². The zero-order valence-electron chi connectivity index (χ0n) is 22.9. The highest BCUT2D eigenvalue weighted by atomic mass is 16.5. The van der Waals surface area contributed by atoms with Gasteiger partial charge in [-0.3, -0.25) is 0 Å². The van der Waals surface area contributed by atoms with Crippen molar-refractivity contribution in [1.29, 1.82) is 0 Å². The van der Waals surface area contributed by atoms with Crippen molar-refractivity contribution in [2.75, 3.05) is 7.11 Å². The van der Waals surface area contributed by atoms with Crippen molar-refractivity contribution in [3.8, 4) is 40.2 Å².